The van der Waals surface area contributed by atoms with Crippen molar-refractivity contribution in [3.63, 3.8) is 0 Å². The van der Waals surface area contributed by atoms with Crippen LogP contribution in [0.2, 0.25) is 0 Å². The van der Waals surface area contributed by atoms with Crippen LogP contribution in [0.25, 0.3) is 0 Å². The standard InChI is InChI=1S/C11H13N3S/c1-2-10(6-12-4-1)7-13-5-3-11-8-15-9-14-11/h1-2,4,6,8-9,13H,3,5,7H2. The second-order valence-electron chi connectivity index (χ2n) is 3.27. The first-order valence-electron chi connectivity index (χ1n) is 4.92. The predicted octanol–water partition coefficient (Wildman–Crippen LogP) is 1.87. The summed E-state index contributed by atoms with van der Waals surface area (Å²) in [5.74, 6) is 0. The van der Waals surface area contributed by atoms with Gasteiger partial charge in [-0.05, 0) is 11.6 Å². The number of pyridine rings is 1. The van der Waals surface area contributed by atoms with Crippen LogP contribution in [0.15, 0.2) is 35.4 Å². The van der Waals surface area contributed by atoms with E-state index in [1.807, 2.05) is 17.8 Å². The highest BCUT2D eigenvalue weighted by Gasteiger charge is 1.95. The Balaban J connectivity index is 1.68. The molecule has 78 valence electrons. The van der Waals surface area contributed by atoms with Crippen LogP contribution in [0.4, 0.5) is 0 Å². The summed E-state index contributed by atoms with van der Waals surface area (Å²) in [5.41, 5.74) is 4.26. The largest absolute Gasteiger partial charge is 0.312 e. The molecule has 2 aromatic heterocycles. The number of rotatable bonds is 5. The van der Waals surface area contributed by atoms with E-state index in [0.29, 0.717) is 0 Å². The Labute approximate surface area is 93.2 Å². The van der Waals surface area contributed by atoms with Crippen molar-refractivity contribution in [1.82, 2.24) is 15.3 Å². The van der Waals surface area contributed by atoms with Gasteiger partial charge in [0.15, 0.2) is 0 Å². The normalized spacial score (nSPS) is 10.4. The molecule has 0 bridgehead atoms. The van der Waals surface area contributed by atoms with Gasteiger partial charge >= 0.3 is 0 Å². The molecule has 3 nitrogen and oxygen atoms in total. The number of aromatic nitrogens is 2. The molecule has 0 fully saturated rings. The second-order valence-corrected chi connectivity index (χ2v) is 3.99. The Morgan fingerprint density at radius 2 is 2.40 bits per heavy atom. The highest BCUT2D eigenvalue weighted by Crippen LogP contribution is 2.01. The SMILES string of the molecule is c1cncc(CNCCc2cscn2)c1. The monoisotopic (exact) mass is 219 g/mol. The first-order valence-corrected chi connectivity index (χ1v) is 5.86. The van der Waals surface area contributed by atoms with Crippen LogP contribution in [0.1, 0.15) is 11.3 Å². The minimum absolute atomic E-state index is 0.873. The van der Waals surface area contributed by atoms with Crippen LogP contribution in [-0.4, -0.2) is 16.5 Å². The first kappa shape index (κ1) is 10.3. The molecule has 0 aliphatic carbocycles. The molecule has 2 rings (SSSR count). The summed E-state index contributed by atoms with van der Waals surface area (Å²) in [6.45, 7) is 1.83. The van der Waals surface area contributed by atoms with Crippen molar-refractivity contribution in [3.05, 3.63) is 46.7 Å². The number of nitrogens with zero attached hydrogens (tertiary/aromatic N) is 2. The Morgan fingerprint density at radius 1 is 1.40 bits per heavy atom. The maximum atomic E-state index is 4.23. The van der Waals surface area contributed by atoms with E-state index in [1.165, 1.54) is 11.3 Å². The summed E-state index contributed by atoms with van der Waals surface area (Å²) < 4.78 is 0. The summed E-state index contributed by atoms with van der Waals surface area (Å²) in [6, 6.07) is 4.03. The molecule has 2 heterocycles. The average molecular weight is 219 g/mol. The number of hydrogen-bond acceptors (Lipinski definition) is 4. The van der Waals surface area contributed by atoms with Crippen LogP contribution < -0.4 is 5.32 Å². The van der Waals surface area contributed by atoms with Crippen molar-refractivity contribution in [2.75, 3.05) is 6.54 Å². The Bertz CT molecular complexity index is 372. The number of nitrogens with one attached hydrogen (secondary N) is 1. The lowest BCUT2D eigenvalue weighted by Gasteiger charge is -2.02. The van der Waals surface area contributed by atoms with E-state index < -0.39 is 0 Å². The number of hydrogen-bond donors (Lipinski definition) is 1. The molecule has 0 aliphatic heterocycles. The maximum absolute atomic E-state index is 4.23. The van der Waals surface area contributed by atoms with Crippen molar-refractivity contribution in [2.24, 2.45) is 0 Å². The predicted molar refractivity (Wildman–Crippen MR) is 61.8 cm³/mol. The van der Waals surface area contributed by atoms with Crippen LogP contribution in [0.5, 0.6) is 0 Å². The van der Waals surface area contributed by atoms with Gasteiger partial charge in [-0.1, -0.05) is 6.07 Å². The fourth-order valence-electron chi connectivity index (χ4n) is 1.31. The lowest BCUT2D eigenvalue weighted by molar-refractivity contribution is 0.680. The smallest absolute Gasteiger partial charge is 0.0794 e. The third-order valence-electron chi connectivity index (χ3n) is 2.09. The van der Waals surface area contributed by atoms with Gasteiger partial charge in [0.25, 0.3) is 0 Å². The zero-order valence-corrected chi connectivity index (χ0v) is 9.20. The minimum atomic E-state index is 0.873. The molecule has 0 unspecified atom stereocenters. The highest BCUT2D eigenvalue weighted by molar-refractivity contribution is 7.07. The van der Waals surface area contributed by atoms with Crippen molar-refractivity contribution < 1.29 is 0 Å². The molecular weight excluding hydrogens is 206 g/mol. The van der Waals surface area contributed by atoms with Crippen molar-refractivity contribution >= 4 is 11.3 Å². The van der Waals surface area contributed by atoms with E-state index in [4.69, 9.17) is 0 Å². The van der Waals surface area contributed by atoms with E-state index in [-0.39, 0.29) is 0 Å². The first-order chi connectivity index (χ1) is 7.45. The summed E-state index contributed by atoms with van der Waals surface area (Å²) in [4.78, 5) is 8.29. The molecule has 15 heavy (non-hydrogen) atoms. The third-order valence-corrected chi connectivity index (χ3v) is 2.73. The van der Waals surface area contributed by atoms with Gasteiger partial charge in [-0.25, -0.2) is 4.98 Å². The van der Waals surface area contributed by atoms with Gasteiger partial charge in [0, 0.05) is 37.3 Å². The quantitative estimate of drug-likeness (QED) is 0.780. The van der Waals surface area contributed by atoms with Gasteiger partial charge in [-0.3, -0.25) is 4.98 Å². The van der Waals surface area contributed by atoms with Crippen LogP contribution in [0.3, 0.4) is 0 Å². The van der Waals surface area contributed by atoms with Crippen molar-refractivity contribution in [2.45, 2.75) is 13.0 Å². The summed E-state index contributed by atoms with van der Waals surface area (Å²) in [7, 11) is 0. The zero-order chi connectivity index (χ0) is 10.3. The molecule has 0 amide bonds. The Morgan fingerprint density at radius 3 is 3.13 bits per heavy atom. The molecule has 1 N–H and O–H groups in total. The van der Waals surface area contributed by atoms with E-state index in [2.05, 4.69) is 26.7 Å². The lowest BCUT2D eigenvalue weighted by atomic mass is 10.3. The van der Waals surface area contributed by atoms with Crippen LogP contribution >= 0.6 is 11.3 Å². The van der Waals surface area contributed by atoms with E-state index in [9.17, 15) is 0 Å². The van der Waals surface area contributed by atoms with Crippen molar-refractivity contribution in [1.29, 1.82) is 0 Å². The molecule has 4 heteroatoms. The molecule has 0 atom stereocenters. The molecule has 0 saturated heterocycles. The summed E-state index contributed by atoms with van der Waals surface area (Å²) >= 11 is 1.65. The molecule has 0 aromatic carbocycles. The third kappa shape index (κ3) is 3.42. The van der Waals surface area contributed by atoms with E-state index in [1.54, 1.807) is 17.5 Å². The average Bonchev–Trinajstić information content (AvgIpc) is 2.79. The molecule has 0 spiro atoms. The van der Waals surface area contributed by atoms with E-state index in [0.717, 1.165) is 19.5 Å². The minimum Gasteiger partial charge on any atom is -0.312 e. The van der Waals surface area contributed by atoms with Gasteiger partial charge < -0.3 is 5.32 Å². The van der Waals surface area contributed by atoms with Gasteiger partial charge in [0.05, 0.1) is 11.2 Å². The van der Waals surface area contributed by atoms with Crippen molar-refractivity contribution in [3.8, 4) is 0 Å². The maximum Gasteiger partial charge on any atom is 0.0794 e. The lowest BCUT2D eigenvalue weighted by Crippen LogP contribution is -2.16. The second kappa shape index (κ2) is 5.58. The fraction of sp³-hybridized carbons (Fsp3) is 0.273. The molecule has 0 aliphatic rings. The number of thiazole rings is 1. The molecule has 0 radical (unpaired) electrons. The highest BCUT2D eigenvalue weighted by atomic mass is 32.1. The zero-order valence-electron chi connectivity index (χ0n) is 8.39. The Kier molecular flexibility index (Phi) is 3.82. The summed E-state index contributed by atoms with van der Waals surface area (Å²) in [5, 5.41) is 5.45. The molecule has 2 aromatic rings. The van der Waals surface area contributed by atoms with Crippen LogP contribution in [-0.2, 0) is 13.0 Å². The van der Waals surface area contributed by atoms with Crippen LogP contribution in [0, 0.1) is 0 Å². The molecule has 0 saturated carbocycles. The molecular formula is C11H13N3S. The van der Waals surface area contributed by atoms with Gasteiger partial charge in [0.2, 0.25) is 0 Å². The summed E-state index contributed by atoms with van der Waals surface area (Å²) in [6.07, 6.45) is 4.67. The van der Waals surface area contributed by atoms with Gasteiger partial charge in [-0.15, -0.1) is 11.3 Å². The van der Waals surface area contributed by atoms with Gasteiger partial charge in [-0.2, -0.15) is 0 Å². The van der Waals surface area contributed by atoms with Gasteiger partial charge in [0.1, 0.15) is 0 Å². The fourth-order valence-corrected chi connectivity index (χ4v) is 1.91. The van der Waals surface area contributed by atoms with E-state index >= 15 is 0 Å². The Hall–Kier alpha value is -1.26. The topological polar surface area (TPSA) is 37.8 Å².